The van der Waals surface area contributed by atoms with Gasteiger partial charge in [0.05, 0.1) is 11.0 Å². The van der Waals surface area contributed by atoms with Gasteiger partial charge in [-0.2, -0.15) is 9.78 Å². The molecule has 23 heavy (non-hydrogen) atoms. The van der Waals surface area contributed by atoms with Crippen molar-refractivity contribution in [2.45, 2.75) is 17.3 Å². The van der Waals surface area contributed by atoms with Gasteiger partial charge < -0.3 is 0 Å². The minimum Gasteiger partial charge on any atom is -0.187 e. The molecule has 2 aromatic carbocycles. The average Bonchev–Trinajstić information content (AvgIpc) is 2.97. The Balaban J connectivity index is 1.85. The van der Waals surface area contributed by atoms with E-state index < -0.39 is 0 Å². The lowest BCUT2D eigenvalue weighted by molar-refractivity contribution is 0.754. The summed E-state index contributed by atoms with van der Waals surface area (Å²) in [5.41, 5.74) is 2.99. The highest BCUT2D eigenvalue weighted by atomic mass is 35.5. The first-order valence-corrected chi connectivity index (χ1v) is 8.50. The van der Waals surface area contributed by atoms with Gasteiger partial charge in [0.2, 0.25) is 5.16 Å². The minimum atomic E-state index is 0.189. The summed E-state index contributed by atoms with van der Waals surface area (Å²) < 4.78 is 1.82. The summed E-state index contributed by atoms with van der Waals surface area (Å²) >= 11 is 7.78. The Hall–Kier alpha value is -2.11. The van der Waals surface area contributed by atoms with E-state index in [4.69, 9.17) is 16.7 Å². The number of hydrogen-bond acceptors (Lipinski definition) is 4. The summed E-state index contributed by atoms with van der Waals surface area (Å²) in [6.45, 7) is 2.12. The second-order valence-corrected chi connectivity index (χ2v) is 6.98. The Morgan fingerprint density at radius 1 is 1.00 bits per heavy atom. The number of fused-ring (bicyclic) bond motifs is 1. The molecule has 0 saturated carbocycles. The van der Waals surface area contributed by atoms with Gasteiger partial charge in [0.15, 0.2) is 5.82 Å². The van der Waals surface area contributed by atoms with Crippen molar-refractivity contribution in [3.8, 4) is 11.4 Å². The molecule has 0 amide bonds. The van der Waals surface area contributed by atoms with Crippen LogP contribution in [0.15, 0.2) is 64.9 Å². The summed E-state index contributed by atoms with van der Waals surface area (Å²) in [5, 5.41) is 15.1. The molecule has 0 spiro atoms. The number of thioether (sulfide) groups is 1. The Bertz CT molecular complexity index is 889. The highest BCUT2D eigenvalue weighted by Crippen LogP contribution is 2.33. The molecule has 0 N–H and O–H groups in total. The zero-order chi connectivity index (χ0) is 15.8. The maximum atomic E-state index is 6.12. The molecule has 4 nitrogen and oxygen atoms in total. The van der Waals surface area contributed by atoms with Crippen molar-refractivity contribution in [3.63, 3.8) is 0 Å². The quantitative estimate of drug-likeness (QED) is 0.696. The second kappa shape index (κ2) is 5.83. The largest absolute Gasteiger partial charge is 0.213 e. The molecule has 0 bridgehead atoms. The van der Waals surface area contributed by atoms with Crippen LogP contribution in [0.3, 0.4) is 0 Å². The Kier molecular flexibility index (Phi) is 3.67. The molecule has 0 saturated heterocycles. The summed E-state index contributed by atoms with van der Waals surface area (Å²) in [5.74, 6) is 0.750. The lowest BCUT2D eigenvalue weighted by Crippen LogP contribution is -2.21. The summed E-state index contributed by atoms with van der Waals surface area (Å²) in [4.78, 5) is 0. The summed E-state index contributed by atoms with van der Waals surface area (Å²) in [7, 11) is 0. The van der Waals surface area contributed by atoms with Gasteiger partial charge in [-0.3, -0.25) is 0 Å². The van der Waals surface area contributed by atoms with Gasteiger partial charge in [-0.05, 0) is 19.1 Å². The fourth-order valence-electron chi connectivity index (χ4n) is 2.54. The van der Waals surface area contributed by atoms with Crippen molar-refractivity contribution in [1.82, 2.24) is 14.9 Å². The van der Waals surface area contributed by atoms with Crippen molar-refractivity contribution >= 4 is 29.1 Å². The fourth-order valence-corrected chi connectivity index (χ4v) is 3.66. The fraction of sp³-hybridized carbons (Fsp3) is 0.118. The number of benzene rings is 2. The molecule has 1 aliphatic rings. The van der Waals surface area contributed by atoms with E-state index in [1.165, 1.54) is 0 Å². The number of halogens is 1. The van der Waals surface area contributed by atoms with Gasteiger partial charge in [-0.25, -0.2) is 0 Å². The smallest absolute Gasteiger partial charge is 0.187 e. The summed E-state index contributed by atoms with van der Waals surface area (Å²) in [6.07, 6.45) is 0. The molecular formula is C17H13ClN4S. The first kappa shape index (κ1) is 14.5. The zero-order valence-electron chi connectivity index (χ0n) is 12.3. The monoisotopic (exact) mass is 340 g/mol. The number of nitrogens with zero attached hydrogens (tertiary/aromatic N) is 4. The van der Waals surface area contributed by atoms with Crippen LogP contribution in [-0.4, -0.2) is 25.8 Å². The minimum absolute atomic E-state index is 0.189. The highest BCUT2D eigenvalue weighted by Gasteiger charge is 2.26. The predicted octanol–water partition coefficient (Wildman–Crippen LogP) is 4.35. The Morgan fingerprint density at radius 2 is 1.78 bits per heavy atom. The van der Waals surface area contributed by atoms with E-state index in [2.05, 4.69) is 17.1 Å². The third kappa shape index (κ3) is 2.66. The molecule has 3 aromatic rings. The Morgan fingerprint density at radius 3 is 2.57 bits per heavy atom. The molecule has 1 aliphatic heterocycles. The van der Waals surface area contributed by atoms with Gasteiger partial charge >= 0.3 is 0 Å². The van der Waals surface area contributed by atoms with E-state index in [1.54, 1.807) is 11.8 Å². The van der Waals surface area contributed by atoms with E-state index in [0.717, 1.165) is 27.8 Å². The molecule has 114 valence electrons. The van der Waals surface area contributed by atoms with Crippen LogP contribution in [0.25, 0.3) is 11.4 Å². The molecule has 6 heteroatoms. The van der Waals surface area contributed by atoms with E-state index in [0.29, 0.717) is 5.02 Å². The maximum absolute atomic E-state index is 6.12. The Labute approximate surface area is 143 Å². The van der Waals surface area contributed by atoms with E-state index >= 15 is 0 Å². The lowest BCUT2D eigenvalue weighted by Gasteiger charge is -2.20. The van der Waals surface area contributed by atoms with Gasteiger partial charge in [-0.1, -0.05) is 65.8 Å². The van der Waals surface area contributed by atoms with Crippen LogP contribution >= 0.6 is 23.4 Å². The van der Waals surface area contributed by atoms with Crippen molar-refractivity contribution < 1.29 is 0 Å². The van der Waals surface area contributed by atoms with Crippen LogP contribution in [-0.2, 0) is 0 Å². The van der Waals surface area contributed by atoms with Crippen LogP contribution in [0.5, 0.6) is 0 Å². The number of rotatable bonds is 2. The molecular weight excluding hydrogens is 328 g/mol. The molecule has 1 atom stereocenters. The summed E-state index contributed by atoms with van der Waals surface area (Å²) in [6, 6.07) is 17.7. The van der Waals surface area contributed by atoms with Gasteiger partial charge in [0.25, 0.3) is 0 Å². The third-order valence-corrected chi connectivity index (χ3v) is 4.92. The SMILES string of the molecule is C[C@@H]1Sc2nnc(-c3ccccc3)n2N=C1c1cccc(Cl)c1. The normalized spacial score (nSPS) is 16.8. The third-order valence-electron chi connectivity index (χ3n) is 3.64. The highest BCUT2D eigenvalue weighted by molar-refractivity contribution is 8.00. The van der Waals surface area contributed by atoms with Gasteiger partial charge in [-0.15, -0.1) is 10.2 Å². The maximum Gasteiger partial charge on any atom is 0.213 e. The van der Waals surface area contributed by atoms with Crippen molar-refractivity contribution in [1.29, 1.82) is 0 Å². The van der Waals surface area contributed by atoms with Crippen LogP contribution in [0, 0.1) is 0 Å². The van der Waals surface area contributed by atoms with Crippen molar-refractivity contribution in [2.24, 2.45) is 5.10 Å². The van der Waals surface area contributed by atoms with Crippen LogP contribution in [0.1, 0.15) is 12.5 Å². The van der Waals surface area contributed by atoms with E-state index in [-0.39, 0.29) is 5.25 Å². The topological polar surface area (TPSA) is 43.1 Å². The van der Waals surface area contributed by atoms with Crippen LogP contribution < -0.4 is 0 Å². The second-order valence-electron chi connectivity index (χ2n) is 5.24. The van der Waals surface area contributed by atoms with Crippen LogP contribution in [0.2, 0.25) is 5.02 Å². The van der Waals surface area contributed by atoms with Crippen LogP contribution in [0.4, 0.5) is 0 Å². The molecule has 0 fully saturated rings. The molecule has 0 unspecified atom stereocenters. The molecule has 1 aromatic heterocycles. The molecule has 0 aliphatic carbocycles. The van der Waals surface area contributed by atoms with Crippen molar-refractivity contribution in [2.75, 3.05) is 0 Å². The molecule has 2 heterocycles. The van der Waals surface area contributed by atoms with E-state index in [1.807, 2.05) is 59.3 Å². The van der Waals surface area contributed by atoms with Gasteiger partial charge in [0.1, 0.15) is 0 Å². The molecule has 0 radical (unpaired) electrons. The van der Waals surface area contributed by atoms with Gasteiger partial charge in [0, 0.05) is 16.1 Å². The predicted molar refractivity (Wildman–Crippen MR) is 94.2 cm³/mol. The number of hydrogen-bond donors (Lipinski definition) is 0. The standard InChI is InChI=1S/C17H13ClN4S/c1-11-15(13-8-5-9-14(18)10-13)21-22-16(19-20-17(22)23-11)12-6-3-2-4-7-12/h2-11H,1H3/t11-/m0/s1. The average molecular weight is 341 g/mol. The first-order chi connectivity index (χ1) is 11.2. The number of aromatic nitrogens is 3. The zero-order valence-corrected chi connectivity index (χ0v) is 13.9. The van der Waals surface area contributed by atoms with E-state index in [9.17, 15) is 0 Å². The molecule has 4 rings (SSSR count). The lowest BCUT2D eigenvalue weighted by atomic mass is 10.1. The van der Waals surface area contributed by atoms with Crippen molar-refractivity contribution in [3.05, 3.63) is 65.2 Å². The first-order valence-electron chi connectivity index (χ1n) is 7.24.